The highest BCUT2D eigenvalue weighted by molar-refractivity contribution is 7.07. The Labute approximate surface area is 271 Å². The topological polar surface area (TPSA) is 78.1 Å². The van der Waals surface area contributed by atoms with Crippen molar-refractivity contribution in [2.75, 3.05) is 32.7 Å². The fourth-order valence-corrected chi connectivity index (χ4v) is 6.93. The van der Waals surface area contributed by atoms with Crippen LogP contribution in [-0.2, 0) is 9.53 Å². The summed E-state index contributed by atoms with van der Waals surface area (Å²) in [6, 6.07) is 26.7. The zero-order valence-electron chi connectivity index (χ0n) is 26.8. The summed E-state index contributed by atoms with van der Waals surface area (Å²) in [7, 11) is 5.63. The van der Waals surface area contributed by atoms with Gasteiger partial charge in [-0.25, -0.2) is 9.79 Å². The Balaban J connectivity index is 1.57. The fourth-order valence-electron chi connectivity index (χ4n) is 5.94. The first-order valence-electron chi connectivity index (χ1n) is 15.1. The van der Waals surface area contributed by atoms with Gasteiger partial charge in [0.15, 0.2) is 4.80 Å². The van der Waals surface area contributed by atoms with Crippen molar-refractivity contribution in [3.63, 3.8) is 0 Å². The van der Waals surface area contributed by atoms with E-state index < -0.39 is 12.0 Å². The minimum Gasteiger partial charge on any atom is -0.497 e. The Bertz CT molecular complexity index is 2140. The van der Waals surface area contributed by atoms with Crippen molar-refractivity contribution in [2.24, 2.45) is 4.99 Å². The average molecular weight is 633 g/mol. The highest BCUT2D eigenvalue weighted by Crippen LogP contribution is 2.36. The number of anilines is 1. The first-order valence-corrected chi connectivity index (χ1v) is 15.9. The third kappa shape index (κ3) is 5.58. The molecule has 0 unspecified atom stereocenters. The van der Waals surface area contributed by atoms with E-state index >= 15 is 0 Å². The molecule has 2 aromatic heterocycles. The number of carbonyl (C=O) groups excluding carboxylic acids is 1. The van der Waals surface area contributed by atoms with E-state index in [1.165, 1.54) is 11.3 Å². The van der Waals surface area contributed by atoms with Gasteiger partial charge in [-0.2, -0.15) is 0 Å². The van der Waals surface area contributed by atoms with Crippen LogP contribution in [0.5, 0.6) is 5.75 Å². The molecule has 0 amide bonds. The van der Waals surface area contributed by atoms with Gasteiger partial charge in [0.25, 0.3) is 5.56 Å². The van der Waals surface area contributed by atoms with Gasteiger partial charge >= 0.3 is 5.97 Å². The molecule has 234 valence electrons. The number of rotatable bonds is 8. The van der Waals surface area contributed by atoms with Gasteiger partial charge in [-0.15, -0.1) is 0 Å². The predicted octanol–water partition coefficient (Wildman–Crippen LogP) is 5.42. The molecule has 5 aromatic rings. The molecule has 0 saturated carbocycles. The Morgan fingerprint density at radius 1 is 1.00 bits per heavy atom. The average Bonchev–Trinajstić information content (AvgIpc) is 3.53. The van der Waals surface area contributed by atoms with E-state index in [0.29, 0.717) is 26.4 Å². The molecule has 0 saturated heterocycles. The molecule has 3 heterocycles. The zero-order valence-corrected chi connectivity index (χ0v) is 27.6. The van der Waals surface area contributed by atoms with Crippen molar-refractivity contribution in [3.05, 3.63) is 138 Å². The van der Waals surface area contributed by atoms with E-state index in [1.807, 2.05) is 74.8 Å². The number of hydrogen-bond donors (Lipinski definition) is 0. The summed E-state index contributed by atoms with van der Waals surface area (Å²) in [4.78, 5) is 35.6. The monoisotopic (exact) mass is 632 g/mol. The van der Waals surface area contributed by atoms with Crippen LogP contribution in [0.3, 0.4) is 0 Å². The maximum Gasteiger partial charge on any atom is 0.338 e. The Kier molecular flexibility index (Phi) is 8.51. The van der Waals surface area contributed by atoms with Crippen molar-refractivity contribution in [1.82, 2.24) is 9.13 Å². The smallest absolute Gasteiger partial charge is 0.338 e. The SMILES string of the molecule is CCOC(=O)C1=C(c2ccccc2)N=c2s/c(=C/c3cc(C)n(-c4ccc(N(C)C)cc4)c3C)c(=O)n2[C@H]1c1cccc(OC)c1. The molecule has 9 heteroatoms. The van der Waals surface area contributed by atoms with E-state index in [1.54, 1.807) is 18.6 Å². The number of thiazole rings is 1. The standard InChI is InChI=1S/C37H36N4O4S/c1-7-45-36(43)32-33(25-12-9-8-10-13-25)38-37-41(34(32)26-14-11-15-30(21-26)44-6)35(42)31(46-37)22-27-20-23(2)40(24(27)3)29-18-16-28(17-19-29)39(4)5/h8-22,34H,7H2,1-6H3/b31-22+/t34-/m0/s1. The highest BCUT2D eigenvalue weighted by Gasteiger charge is 2.35. The molecular formula is C37H36N4O4S. The number of nitrogens with zero attached hydrogens (tertiary/aromatic N) is 4. The second-order valence-corrected chi connectivity index (χ2v) is 12.3. The van der Waals surface area contributed by atoms with E-state index in [0.717, 1.165) is 39.5 Å². The molecule has 8 nitrogen and oxygen atoms in total. The summed E-state index contributed by atoms with van der Waals surface area (Å²) in [5.41, 5.74) is 7.22. The van der Waals surface area contributed by atoms with Crippen molar-refractivity contribution in [2.45, 2.75) is 26.8 Å². The largest absolute Gasteiger partial charge is 0.497 e. The second kappa shape index (κ2) is 12.7. The van der Waals surface area contributed by atoms with Crippen LogP contribution in [0.4, 0.5) is 5.69 Å². The fraction of sp³-hybridized carbons (Fsp3) is 0.216. The van der Waals surface area contributed by atoms with Gasteiger partial charge < -0.3 is 18.9 Å². The summed E-state index contributed by atoms with van der Waals surface area (Å²) in [5.74, 6) is 0.100. The van der Waals surface area contributed by atoms with Crippen LogP contribution in [0.1, 0.15) is 41.0 Å². The van der Waals surface area contributed by atoms with Crippen LogP contribution in [0.15, 0.2) is 100 Å². The number of benzene rings is 3. The lowest BCUT2D eigenvalue weighted by Gasteiger charge is -2.26. The van der Waals surface area contributed by atoms with E-state index in [-0.39, 0.29) is 12.2 Å². The lowest BCUT2D eigenvalue weighted by Crippen LogP contribution is -2.40. The highest BCUT2D eigenvalue weighted by atomic mass is 32.1. The maximum atomic E-state index is 14.4. The number of hydrogen-bond acceptors (Lipinski definition) is 7. The summed E-state index contributed by atoms with van der Waals surface area (Å²) in [5, 5.41) is 0. The van der Waals surface area contributed by atoms with Gasteiger partial charge in [0.1, 0.15) is 5.75 Å². The molecule has 1 atom stereocenters. The van der Waals surface area contributed by atoms with Crippen molar-refractivity contribution in [3.8, 4) is 11.4 Å². The van der Waals surface area contributed by atoms with E-state index in [4.69, 9.17) is 14.5 Å². The van der Waals surface area contributed by atoms with Gasteiger partial charge in [-0.05, 0) is 80.4 Å². The summed E-state index contributed by atoms with van der Waals surface area (Å²) >= 11 is 1.31. The molecule has 0 fully saturated rings. The molecule has 0 bridgehead atoms. The van der Waals surface area contributed by atoms with E-state index in [9.17, 15) is 9.59 Å². The van der Waals surface area contributed by atoms with Crippen LogP contribution >= 0.6 is 11.3 Å². The maximum absolute atomic E-state index is 14.4. The zero-order chi connectivity index (χ0) is 32.5. The number of aryl methyl sites for hydroxylation is 1. The molecule has 0 spiro atoms. The number of carbonyl (C=O) groups is 1. The number of ether oxygens (including phenoxy) is 2. The van der Waals surface area contributed by atoms with Crippen molar-refractivity contribution < 1.29 is 14.3 Å². The van der Waals surface area contributed by atoms with Crippen LogP contribution in [0.2, 0.25) is 0 Å². The van der Waals surface area contributed by atoms with Crippen LogP contribution in [-0.4, -0.2) is 42.9 Å². The molecule has 0 N–H and O–H groups in total. The van der Waals surface area contributed by atoms with Crippen molar-refractivity contribution >= 4 is 34.8 Å². The molecule has 6 rings (SSSR count). The van der Waals surface area contributed by atoms with Gasteiger partial charge in [-0.1, -0.05) is 53.8 Å². The number of esters is 1. The van der Waals surface area contributed by atoms with Gasteiger partial charge in [0, 0.05) is 42.4 Å². The van der Waals surface area contributed by atoms with Gasteiger partial charge in [-0.3, -0.25) is 9.36 Å². The Hall–Kier alpha value is -5.15. The van der Waals surface area contributed by atoms with Crippen LogP contribution < -0.4 is 24.5 Å². The molecule has 1 aliphatic rings. The summed E-state index contributed by atoms with van der Waals surface area (Å²) in [6.07, 6.45) is 1.93. The van der Waals surface area contributed by atoms with Gasteiger partial charge in [0.2, 0.25) is 0 Å². The first kappa shape index (κ1) is 30.9. The minimum atomic E-state index is -0.773. The lowest BCUT2D eigenvalue weighted by atomic mass is 9.93. The van der Waals surface area contributed by atoms with Gasteiger partial charge in [0.05, 0.1) is 35.6 Å². The molecule has 46 heavy (non-hydrogen) atoms. The summed E-state index contributed by atoms with van der Waals surface area (Å²) in [6.45, 7) is 6.07. The van der Waals surface area contributed by atoms with Crippen LogP contribution in [0.25, 0.3) is 17.5 Å². The second-order valence-electron chi connectivity index (χ2n) is 11.3. The summed E-state index contributed by atoms with van der Waals surface area (Å²) < 4.78 is 15.4. The third-order valence-corrected chi connectivity index (χ3v) is 9.15. The van der Waals surface area contributed by atoms with Crippen LogP contribution in [0, 0.1) is 13.8 Å². The molecular weight excluding hydrogens is 596 g/mol. The molecule has 1 aliphatic heterocycles. The molecule has 0 radical (unpaired) electrons. The molecule has 0 aliphatic carbocycles. The number of aromatic nitrogens is 2. The molecule has 3 aromatic carbocycles. The number of fused-ring (bicyclic) bond motifs is 1. The quantitative estimate of drug-likeness (QED) is 0.214. The van der Waals surface area contributed by atoms with E-state index in [2.05, 4.69) is 53.6 Å². The lowest BCUT2D eigenvalue weighted by molar-refractivity contribution is -0.138. The van der Waals surface area contributed by atoms with Crippen molar-refractivity contribution in [1.29, 1.82) is 0 Å². The number of methoxy groups -OCH3 is 1. The Morgan fingerprint density at radius 3 is 2.41 bits per heavy atom. The predicted molar refractivity (Wildman–Crippen MR) is 184 cm³/mol. The normalized spacial score (nSPS) is 14.6. The first-order chi connectivity index (χ1) is 22.2. The Morgan fingerprint density at radius 2 is 1.74 bits per heavy atom. The minimum absolute atomic E-state index is 0.188. The third-order valence-electron chi connectivity index (χ3n) is 8.16.